The molecule has 5 heteroatoms. The van der Waals surface area contributed by atoms with Gasteiger partial charge in [-0.2, -0.15) is 5.10 Å². The molecule has 1 amide bonds. The first-order valence-electron chi connectivity index (χ1n) is 8.35. The molecule has 25 heavy (non-hydrogen) atoms. The number of para-hydroxylation sites is 2. The summed E-state index contributed by atoms with van der Waals surface area (Å²) in [5, 5.41) is 7.15. The second-order valence-electron chi connectivity index (χ2n) is 5.90. The Balaban J connectivity index is 1.77. The van der Waals surface area contributed by atoms with Gasteiger partial charge in [-0.25, -0.2) is 0 Å². The molecule has 5 nitrogen and oxygen atoms in total. The largest absolute Gasteiger partial charge is 0.369 e. The second kappa shape index (κ2) is 7.66. The Bertz CT molecular complexity index is 842. The zero-order valence-corrected chi connectivity index (χ0v) is 14.5. The van der Waals surface area contributed by atoms with Crippen molar-refractivity contribution in [3.63, 3.8) is 0 Å². The number of nitrogens with zero attached hydrogens (tertiary/aromatic N) is 3. The van der Waals surface area contributed by atoms with Gasteiger partial charge in [0.15, 0.2) is 0 Å². The highest BCUT2D eigenvalue weighted by Crippen LogP contribution is 2.26. The summed E-state index contributed by atoms with van der Waals surface area (Å²) in [5.74, 6) is -0.153. The predicted molar refractivity (Wildman–Crippen MR) is 101 cm³/mol. The molecular weight excluding hydrogens is 312 g/mol. The normalized spacial score (nSPS) is 10.5. The fraction of sp³-hybridized carbons (Fsp3) is 0.200. The predicted octanol–water partition coefficient (Wildman–Crippen LogP) is 3.79. The number of carbonyl (C=O) groups is 1. The monoisotopic (exact) mass is 334 g/mol. The number of aryl methyl sites for hydroxylation is 1. The van der Waals surface area contributed by atoms with Crippen LogP contribution in [0.25, 0.3) is 0 Å². The maximum atomic E-state index is 12.5. The fourth-order valence-corrected chi connectivity index (χ4v) is 2.70. The summed E-state index contributed by atoms with van der Waals surface area (Å²) >= 11 is 0. The van der Waals surface area contributed by atoms with Gasteiger partial charge in [0.25, 0.3) is 5.91 Å². The van der Waals surface area contributed by atoms with Crippen LogP contribution in [0.2, 0.25) is 0 Å². The molecule has 0 fully saturated rings. The lowest BCUT2D eigenvalue weighted by Crippen LogP contribution is -2.20. The third-order valence-corrected chi connectivity index (χ3v) is 4.05. The van der Waals surface area contributed by atoms with E-state index >= 15 is 0 Å². The van der Waals surface area contributed by atoms with E-state index in [1.807, 2.05) is 56.4 Å². The smallest absolute Gasteiger partial charge is 0.258 e. The first-order valence-corrected chi connectivity index (χ1v) is 8.35. The number of carbonyl (C=O) groups excluding carboxylic acids is 1. The van der Waals surface area contributed by atoms with Crippen LogP contribution >= 0.6 is 0 Å². The summed E-state index contributed by atoms with van der Waals surface area (Å²) < 4.78 is 1.74. The molecule has 128 valence electrons. The van der Waals surface area contributed by atoms with E-state index in [9.17, 15) is 4.79 Å². The molecule has 2 aromatic carbocycles. The Labute approximate surface area is 147 Å². The summed E-state index contributed by atoms with van der Waals surface area (Å²) in [6, 6.07) is 18.1. The molecule has 0 aliphatic carbocycles. The number of amides is 1. The zero-order chi connectivity index (χ0) is 17.6. The Hall–Kier alpha value is -3.08. The van der Waals surface area contributed by atoms with Gasteiger partial charge in [0.2, 0.25) is 0 Å². The van der Waals surface area contributed by atoms with E-state index < -0.39 is 0 Å². The molecule has 0 saturated carbocycles. The third kappa shape index (κ3) is 4.07. The highest BCUT2D eigenvalue weighted by Gasteiger charge is 2.13. The Kier molecular flexibility index (Phi) is 5.14. The average molecular weight is 334 g/mol. The van der Waals surface area contributed by atoms with E-state index in [2.05, 4.69) is 27.4 Å². The van der Waals surface area contributed by atoms with Crippen molar-refractivity contribution in [2.24, 2.45) is 0 Å². The number of benzene rings is 2. The highest BCUT2D eigenvalue weighted by atomic mass is 16.1. The first kappa shape index (κ1) is 16.8. The maximum Gasteiger partial charge on any atom is 0.258 e. The van der Waals surface area contributed by atoms with Crippen LogP contribution in [0.5, 0.6) is 0 Å². The summed E-state index contributed by atoms with van der Waals surface area (Å²) in [4.78, 5) is 14.6. The van der Waals surface area contributed by atoms with Crippen molar-refractivity contribution in [3.8, 4) is 0 Å². The van der Waals surface area contributed by atoms with Gasteiger partial charge < -0.3 is 10.2 Å². The number of aromatic nitrogens is 2. The number of hydrogen-bond acceptors (Lipinski definition) is 3. The van der Waals surface area contributed by atoms with E-state index in [0.29, 0.717) is 5.56 Å². The van der Waals surface area contributed by atoms with Crippen LogP contribution in [-0.2, 0) is 13.1 Å². The van der Waals surface area contributed by atoms with Gasteiger partial charge in [0.1, 0.15) is 0 Å². The van der Waals surface area contributed by atoms with Crippen molar-refractivity contribution < 1.29 is 4.79 Å². The Morgan fingerprint density at radius 3 is 2.56 bits per heavy atom. The lowest BCUT2D eigenvalue weighted by Gasteiger charge is -2.22. The van der Waals surface area contributed by atoms with Crippen molar-refractivity contribution in [2.75, 3.05) is 17.3 Å². The van der Waals surface area contributed by atoms with Gasteiger partial charge in [-0.3, -0.25) is 9.48 Å². The van der Waals surface area contributed by atoms with Crippen LogP contribution < -0.4 is 10.2 Å². The Morgan fingerprint density at radius 2 is 1.84 bits per heavy atom. The van der Waals surface area contributed by atoms with Gasteiger partial charge >= 0.3 is 0 Å². The SMILES string of the molecule is CCn1cc(C(=O)Nc2ccccc2N(C)Cc2ccccc2)cn1. The van der Waals surface area contributed by atoms with E-state index in [-0.39, 0.29) is 5.91 Å². The van der Waals surface area contributed by atoms with Gasteiger partial charge in [0, 0.05) is 26.3 Å². The van der Waals surface area contributed by atoms with E-state index in [4.69, 9.17) is 0 Å². The van der Waals surface area contributed by atoms with E-state index in [1.165, 1.54) is 5.56 Å². The van der Waals surface area contributed by atoms with Crippen LogP contribution in [0.15, 0.2) is 67.0 Å². The van der Waals surface area contributed by atoms with Gasteiger partial charge in [-0.1, -0.05) is 42.5 Å². The maximum absolute atomic E-state index is 12.5. The summed E-state index contributed by atoms with van der Waals surface area (Å²) in [6.07, 6.45) is 3.35. The lowest BCUT2D eigenvalue weighted by molar-refractivity contribution is 0.102. The van der Waals surface area contributed by atoms with Crippen molar-refractivity contribution in [1.82, 2.24) is 9.78 Å². The quantitative estimate of drug-likeness (QED) is 0.746. The second-order valence-corrected chi connectivity index (χ2v) is 5.90. The minimum atomic E-state index is -0.153. The molecule has 3 rings (SSSR count). The van der Waals surface area contributed by atoms with E-state index in [0.717, 1.165) is 24.5 Å². The molecule has 3 aromatic rings. The van der Waals surface area contributed by atoms with Crippen LogP contribution in [0.1, 0.15) is 22.8 Å². The molecule has 0 aliphatic rings. The Morgan fingerprint density at radius 1 is 1.12 bits per heavy atom. The molecular formula is C20H22N4O. The van der Waals surface area contributed by atoms with Gasteiger partial charge in [0.05, 0.1) is 23.1 Å². The first-order chi connectivity index (χ1) is 12.2. The summed E-state index contributed by atoms with van der Waals surface area (Å²) in [6.45, 7) is 3.49. The number of nitrogens with one attached hydrogen (secondary N) is 1. The topological polar surface area (TPSA) is 50.2 Å². The molecule has 0 bridgehead atoms. The van der Waals surface area contributed by atoms with Gasteiger partial charge in [-0.15, -0.1) is 0 Å². The van der Waals surface area contributed by atoms with Crippen LogP contribution in [0.4, 0.5) is 11.4 Å². The van der Waals surface area contributed by atoms with Crippen LogP contribution in [0.3, 0.4) is 0 Å². The standard InChI is InChI=1S/C20H22N4O/c1-3-24-15-17(13-21-24)20(25)22-18-11-7-8-12-19(18)23(2)14-16-9-5-4-6-10-16/h4-13,15H,3,14H2,1-2H3,(H,22,25). The van der Waals surface area contributed by atoms with Gasteiger partial charge in [-0.05, 0) is 24.6 Å². The number of rotatable bonds is 6. The zero-order valence-electron chi connectivity index (χ0n) is 14.5. The molecule has 0 radical (unpaired) electrons. The molecule has 1 heterocycles. The number of hydrogen-bond donors (Lipinski definition) is 1. The summed E-state index contributed by atoms with van der Waals surface area (Å²) in [7, 11) is 2.02. The lowest BCUT2D eigenvalue weighted by atomic mass is 10.2. The van der Waals surface area contributed by atoms with E-state index in [1.54, 1.807) is 17.1 Å². The summed E-state index contributed by atoms with van der Waals surface area (Å²) in [5.41, 5.74) is 3.54. The third-order valence-electron chi connectivity index (χ3n) is 4.05. The average Bonchev–Trinajstić information content (AvgIpc) is 3.12. The van der Waals surface area contributed by atoms with Crippen molar-refractivity contribution in [2.45, 2.75) is 20.0 Å². The van der Waals surface area contributed by atoms with Crippen molar-refractivity contribution >= 4 is 17.3 Å². The van der Waals surface area contributed by atoms with Crippen molar-refractivity contribution in [1.29, 1.82) is 0 Å². The molecule has 0 aliphatic heterocycles. The minimum absolute atomic E-state index is 0.153. The molecule has 1 N–H and O–H groups in total. The molecule has 0 atom stereocenters. The van der Waals surface area contributed by atoms with Crippen LogP contribution in [0, 0.1) is 0 Å². The molecule has 0 spiro atoms. The molecule has 1 aromatic heterocycles. The fourth-order valence-electron chi connectivity index (χ4n) is 2.70. The molecule has 0 saturated heterocycles. The highest BCUT2D eigenvalue weighted by molar-refractivity contribution is 6.05. The minimum Gasteiger partial charge on any atom is -0.369 e. The molecule has 0 unspecified atom stereocenters. The van der Waals surface area contributed by atoms with Crippen molar-refractivity contribution in [3.05, 3.63) is 78.1 Å². The number of anilines is 2. The van der Waals surface area contributed by atoms with Crippen LogP contribution in [-0.4, -0.2) is 22.7 Å².